The fourth-order valence-electron chi connectivity index (χ4n) is 0.604. The second-order valence-corrected chi connectivity index (χ2v) is 2.77. The fourth-order valence-corrected chi connectivity index (χ4v) is 0.604. The molecule has 0 heterocycles. The minimum Gasteiger partial charge on any atom is -0.0881 e. The molecule has 0 aromatic heterocycles. The third-order valence-electron chi connectivity index (χ3n) is 1.71. The summed E-state index contributed by atoms with van der Waals surface area (Å²) in [6.45, 7) is 2.21. The highest BCUT2D eigenvalue weighted by atomic mass is 14.0. The van der Waals surface area contributed by atoms with Gasteiger partial charge in [-0.25, -0.2) is 0 Å². The molecule has 0 atom stereocenters. The first-order valence-corrected chi connectivity index (χ1v) is 4.41. The first-order valence-electron chi connectivity index (χ1n) is 4.41. The van der Waals surface area contributed by atoms with Crippen molar-refractivity contribution < 1.29 is 0 Å². The second-order valence-electron chi connectivity index (χ2n) is 2.77. The molecule has 3 heteroatoms. The summed E-state index contributed by atoms with van der Waals surface area (Å²) < 4.78 is 0. The molecular weight excluding hydrogens is 105 g/mol. The lowest BCUT2D eigenvalue weighted by atomic mass is 9.27. The van der Waals surface area contributed by atoms with E-state index in [9.17, 15) is 0 Å². The third-order valence-corrected chi connectivity index (χ3v) is 1.71. The van der Waals surface area contributed by atoms with Crippen LogP contribution in [0.25, 0.3) is 0 Å². The Morgan fingerprint density at radius 1 is 1.22 bits per heavy atom. The van der Waals surface area contributed by atoms with E-state index in [1.54, 1.807) is 0 Å². The van der Waals surface area contributed by atoms with Crippen molar-refractivity contribution in [3.8, 4) is 0 Å². The van der Waals surface area contributed by atoms with E-state index in [2.05, 4.69) is 14.7 Å². The Bertz CT molecular complexity index is 37.6. The Balaban J connectivity index is 0.000000144. The number of rotatable bonds is 2. The van der Waals surface area contributed by atoms with Crippen molar-refractivity contribution in [3.63, 3.8) is 0 Å². The lowest BCUT2D eigenvalue weighted by Gasteiger charge is -2.05. The highest BCUT2D eigenvalue weighted by Gasteiger charge is 1.95. The minimum absolute atomic E-state index is 1.34. The molecule has 1 aliphatic carbocycles. The number of hydrogen-bond donors (Lipinski definition) is 0. The quantitative estimate of drug-likeness (QED) is 0.462. The van der Waals surface area contributed by atoms with Crippen molar-refractivity contribution in [2.75, 3.05) is 0 Å². The van der Waals surface area contributed by atoms with Crippen molar-refractivity contribution in [2.45, 2.75) is 38.9 Å². The van der Waals surface area contributed by atoms with Gasteiger partial charge < -0.3 is 0 Å². The molecule has 0 spiro atoms. The van der Waals surface area contributed by atoms with E-state index in [0.29, 0.717) is 0 Å². The summed E-state index contributed by atoms with van der Waals surface area (Å²) in [6, 6.07) is 0. The maximum absolute atomic E-state index is 2.21. The van der Waals surface area contributed by atoms with Crippen molar-refractivity contribution in [2.24, 2.45) is 0 Å². The minimum atomic E-state index is 1.34. The predicted molar refractivity (Wildman–Crippen MR) is 51.8 cm³/mol. The van der Waals surface area contributed by atoms with E-state index in [0.717, 1.165) is 0 Å². The van der Waals surface area contributed by atoms with Gasteiger partial charge in [0.25, 0.3) is 0 Å². The molecule has 0 radical (unpaired) electrons. The first kappa shape index (κ1) is 9.19. The van der Waals surface area contributed by atoms with Gasteiger partial charge in [0, 0.05) is 0 Å². The van der Waals surface area contributed by atoms with Crippen LogP contribution in [0.5, 0.6) is 0 Å². The Kier molecular flexibility index (Phi) is 8.37. The molecule has 0 nitrogen and oxygen atoms in total. The van der Waals surface area contributed by atoms with Crippen LogP contribution in [0.15, 0.2) is 0 Å². The Labute approximate surface area is 61.7 Å². The summed E-state index contributed by atoms with van der Waals surface area (Å²) in [4.78, 5) is 0. The van der Waals surface area contributed by atoms with Crippen LogP contribution in [0.3, 0.4) is 0 Å². The molecule has 1 aliphatic rings. The molecule has 1 fully saturated rings. The summed E-state index contributed by atoms with van der Waals surface area (Å²) in [5.74, 6) is 0. The van der Waals surface area contributed by atoms with Crippen LogP contribution >= 0.6 is 0 Å². The summed E-state index contributed by atoms with van der Waals surface area (Å²) in [7, 11) is 4.94. The highest BCUT2D eigenvalue weighted by molar-refractivity contribution is 7.23. The highest BCUT2D eigenvalue weighted by Crippen LogP contribution is 2.15. The van der Waals surface area contributed by atoms with Gasteiger partial charge >= 0.3 is 0 Å². The maximum Gasteiger partial charge on any atom is 0.0776 e. The topological polar surface area (TPSA) is 0 Å². The average molecular weight is 122 g/mol. The van der Waals surface area contributed by atoms with Crippen molar-refractivity contribution >= 4 is 22.0 Å². The molecule has 0 aromatic carbocycles. The smallest absolute Gasteiger partial charge is 0.0776 e. The molecule has 9 heavy (non-hydrogen) atoms. The van der Waals surface area contributed by atoms with Crippen LogP contribution in [-0.4, -0.2) is 22.0 Å². The van der Waals surface area contributed by atoms with Gasteiger partial charge in [-0.05, 0) is 0 Å². The van der Waals surface area contributed by atoms with Crippen LogP contribution in [0.1, 0.15) is 32.6 Å². The van der Waals surface area contributed by atoms with E-state index in [4.69, 9.17) is 0 Å². The molecule has 0 aromatic rings. The van der Waals surface area contributed by atoms with Gasteiger partial charge in [-0.2, -0.15) is 0 Å². The monoisotopic (exact) mass is 122 g/mol. The Morgan fingerprint density at radius 3 is 1.67 bits per heavy atom. The zero-order valence-electron chi connectivity index (χ0n) is 6.95. The standard InChI is InChI=1S/C4H8.C2H9B3/c1-2-4-3-1;1-2-4-5-3/h1-4H2;4-5H,2-3H2,1H3. The SMILES string of the molecule is BBBCC.C1CCC1. The van der Waals surface area contributed by atoms with E-state index >= 15 is 0 Å². The summed E-state index contributed by atoms with van der Waals surface area (Å²) in [6.07, 6.45) is 7.34. The molecule has 1 rings (SSSR count). The van der Waals surface area contributed by atoms with Gasteiger partial charge in [0.2, 0.25) is 0 Å². The molecule has 0 aliphatic heterocycles. The van der Waals surface area contributed by atoms with E-state index in [1.165, 1.54) is 46.2 Å². The van der Waals surface area contributed by atoms with Gasteiger partial charge in [-0.1, -0.05) is 38.9 Å². The van der Waals surface area contributed by atoms with Crippen LogP contribution in [0, 0.1) is 0 Å². The Hall–Kier alpha value is 0.195. The summed E-state index contributed by atoms with van der Waals surface area (Å²) in [5, 5.41) is 0. The first-order chi connectivity index (χ1) is 4.41. The van der Waals surface area contributed by atoms with E-state index < -0.39 is 0 Å². The normalized spacial score (nSPS) is 14.3. The third kappa shape index (κ3) is 8.19. The van der Waals surface area contributed by atoms with Gasteiger partial charge in [0.15, 0.2) is 0 Å². The van der Waals surface area contributed by atoms with Crippen molar-refractivity contribution in [3.05, 3.63) is 0 Å². The summed E-state index contributed by atoms with van der Waals surface area (Å²) in [5.41, 5.74) is 0. The van der Waals surface area contributed by atoms with Crippen LogP contribution in [0.4, 0.5) is 0 Å². The van der Waals surface area contributed by atoms with Crippen LogP contribution in [-0.2, 0) is 0 Å². The lowest BCUT2D eigenvalue weighted by Crippen LogP contribution is -1.98. The zero-order chi connectivity index (χ0) is 6.95. The molecule has 50 valence electrons. The molecular formula is C6H17B3. The van der Waals surface area contributed by atoms with Crippen LogP contribution < -0.4 is 0 Å². The average Bonchev–Trinajstić information content (AvgIpc) is 1.63. The molecule has 0 amide bonds. The van der Waals surface area contributed by atoms with E-state index in [-0.39, 0.29) is 0 Å². The van der Waals surface area contributed by atoms with Gasteiger partial charge in [-0.3, -0.25) is 0 Å². The molecule has 0 N–H and O–H groups in total. The predicted octanol–water partition coefficient (Wildman–Crippen LogP) is 0.321. The largest absolute Gasteiger partial charge is 0.0881 e. The van der Waals surface area contributed by atoms with Gasteiger partial charge in [0.05, 0.1) is 22.0 Å². The molecule has 0 saturated heterocycles. The van der Waals surface area contributed by atoms with Gasteiger partial charge in [-0.15, -0.1) is 0 Å². The van der Waals surface area contributed by atoms with E-state index in [1.807, 2.05) is 0 Å². The maximum atomic E-state index is 2.21. The fraction of sp³-hybridized carbons (Fsp3) is 1.00. The van der Waals surface area contributed by atoms with Crippen molar-refractivity contribution in [1.82, 2.24) is 0 Å². The molecule has 1 saturated carbocycles. The lowest BCUT2D eigenvalue weighted by molar-refractivity contribution is 0.504. The van der Waals surface area contributed by atoms with Crippen LogP contribution in [0.2, 0.25) is 6.32 Å². The second kappa shape index (κ2) is 8.19. The summed E-state index contributed by atoms with van der Waals surface area (Å²) >= 11 is 0. The molecule has 0 unspecified atom stereocenters. The van der Waals surface area contributed by atoms with Crippen molar-refractivity contribution in [1.29, 1.82) is 0 Å². The molecule has 0 bridgehead atoms. The number of hydrogen-bond acceptors (Lipinski definition) is 0. The zero-order valence-corrected chi connectivity index (χ0v) is 6.95. The Morgan fingerprint density at radius 2 is 1.67 bits per heavy atom. The van der Waals surface area contributed by atoms with Gasteiger partial charge in [0.1, 0.15) is 0 Å².